The maximum absolute atomic E-state index is 2.86. The van der Waals surface area contributed by atoms with Crippen LogP contribution in [-0.4, -0.2) is 71.6 Å². The number of piperazine rings is 1. The molecule has 0 N–H and O–H groups in total. The van der Waals surface area contributed by atoms with E-state index in [0.29, 0.717) is 0 Å². The van der Waals surface area contributed by atoms with E-state index in [1.54, 1.807) is 0 Å². The molecule has 2 saturated heterocycles. The SMILES string of the molecule is CC(C)C1CCC(N2CCN(C3CCN(C(C)C)CC3)[C@@H](C)C2)CC1. The van der Waals surface area contributed by atoms with Crippen LogP contribution in [0.3, 0.4) is 0 Å². The minimum Gasteiger partial charge on any atom is -0.301 e. The fourth-order valence-electron chi connectivity index (χ4n) is 5.74. The van der Waals surface area contributed by atoms with Crippen LogP contribution in [0.1, 0.15) is 73.1 Å². The first-order valence-electron chi connectivity index (χ1n) is 11.2. The molecule has 2 heterocycles. The predicted octanol–water partition coefficient (Wildman–Crippen LogP) is 4.08. The summed E-state index contributed by atoms with van der Waals surface area (Å²) in [6, 6.07) is 3.18. The van der Waals surface area contributed by atoms with Crippen LogP contribution in [0.4, 0.5) is 0 Å². The third-order valence-electron chi connectivity index (χ3n) is 7.61. The maximum Gasteiger partial charge on any atom is 0.0198 e. The van der Waals surface area contributed by atoms with Gasteiger partial charge < -0.3 is 4.90 Å². The lowest BCUT2D eigenvalue weighted by Gasteiger charge is -2.49. The number of hydrogen-bond donors (Lipinski definition) is 0. The van der Waals surface area contributed by atoms with Crippen LogP contribution in [0.2, 0.25) is 0 Å². The first-order chi connectivity index (χ1) is 12.0. The first-order valence-corrected chi connectivity index (χ1v) is 11.2. The molecule has 0 aromatic rings. The highest BCUT2D eigenvalue weighted by atomic mass is 15.3. The van der Waals surface area contributed by atoms with Gasteiger partial charge in [0, 0.05) is 43.8 Å². The topological polar surface area (TPSA) is 9.72 Å². The molecule has 1 aliphatic carbocycles. The van der Waals surface area contributed by atoms with Crippen molar-refractivity contribution in [3.8, 4) is 0 Å². The zero-order valence-corrected chi connectivity index (χ0v) is 17.6. The van der Waals surface area contributed by atoms with Crippen molar-refractivity contribution in [2.45, 2.75) is 97.3 Å². The van der Waals surface area contributed by atoms with E-state index in [0.717, 1.165) is 36.0 Å². The van der Waals surface area contributed by atoms with Crippen LogP contribution in [0.5, 0.6) is 0 Å². The molecular formula is C22H43N3. The van der Waals surface area contributed by atoms with E-state index in [9.17, 15) is 0 Å². The number of piperidine rings is 1. The van der Waals surface area contributed by atoms with Gasteiger partial charge in [-0.3, -0.25) is 9.80 Å². The standard InChI is InChI=1S/C22H43N3/c1-17(2)20-6-8-21(9-7-20)24-14-15-25(19(5)16-24)22-10-12-23(13-11-22)18(3)4/h17-22H,6-16H2,1-5H3/t19-,20?,21?/m0/s1. The molecule has 1 atom stereocenters. The molecule has 1 saturated carbocycles. The quantitative estimate of drug-likeness (QED) is 0.757. The Hall–Kier alpha value is -0.120. The lowest BCUT2D eigenvalue weighted by atomic mass is 9.79. The van der Waals surface area contributed by atoms with E-state index < -0.39 is 0 Å². The van der Waals surface area contributed by atoms with Gasteiger partial charge in [-0.1, -0.05) is 13.8 Å². The minimum atomic E-state index is 0.719. The van der Waals surface area contributed by atoms with E-state index in [-0.39, 0.29) is 0 Å². The van der Waals surface area contributed by atoms with Gasteiger partial charge in [0.1, 0.15) is 0 Å². The largest absolute Gasteiger partial charge is 0.301 e. The average Bonchev–Trinajstić information content (AvgIpc) is 2.62. The molecule has 0 unspecified atom stereocenters. The Morgan fingerprint density at radius 1 is 0.720 bits per heavy atom. The number of rotatable bonds is 4. The third kappa shape index (κ3) is 4.78. The summed E-state index contributed by atoms with van der Waals surface area (Å²) < 4.78 is 0. The Balaban J connectivity index is 1.45. The fraction of sp³-hybridized carbons (Fsp3) is 1.00. The first kappa shape index (κ1) is 19.6. The molecule has 0 amide bonds. The van der Waals surface area contributed by atoms with Crippen molar-refractivity contribution in [2.75, 3.05) is 32.7 Å². The summed E-state index contributed by atoms with van der Waals surface area (Å²) in [5.74, 6) is 1.87. The third-order valence-corrected chi connectivity index (χ3v) is 7.61. The zero-order chi connectivity index (χ0) is 18.0. The van der Waals surface area contributed by atoms with Crippen molar-refractivity contribution in [1.29, 1.82) is 0 Å². The Bertz CT molecular complexity index is 392. The number of nitrogens with zero attached hydrogens (tertiary/aromatic N) is 3. The normalized spacial score (nSPS) is 34.9. The maximum atomic E-state index is 2.86. The van der Waals surface area contributed by atoms with Gasteiger partial charge >= 0.3 is 0 Å². The lowest BCUT2D eigenvalue weighted by molar-refractivity contribution is -0.00609. The van der Waals surface area contributed by atoms with Crippen LogP contribution in [0, 0.1) is 11.8 Å². The molecule has 25 heavy (non-hydrogen) atoms. The summed E-state index contributed by atoms with van der Waals surface area (Å²) in [4.78, 5) is 8.36. The second kappa shape index (κ2) is 8.71. The highest BCUT2D eigenvalue weighted by Crippen LogP contribution is 2.33. The van der Waals surface area contributed by atoms with Crippen molar-refractivity contribution < 1.29 is 0 Å². The van der Waals surface area contributed by atoms with Crippen molar-refractivity contribution in [2.24, 2.45) is 11.8 Å². The molecule has 3 fully saturated rings. The second-order valence-electron chi connectivity index (χ2n) is 9.76. The van der Waals surface area contributed by atoms with Crippen molar-refractivity contribution in [1.82, 2.24) is 14.7 Å². The molecule has 3 nitrogen and oxygen atoms in total. The van der Waals surface area contributed by atoms with Crippen LogP contribution in [-0.2, 0) is 0 Å². The Labute approximate surface area is 157 Å². The monoisotopic (exact) mass is 349 g/mol. The molecule has 3 rings (SSSR count). The molecule has 146 valence electrons. The van der Waals surface area contributed by atoms with Gasteiger partial charge in [-0.25, -0.2) is 0 Å². The molecule has 0 radical (unpaired) electrons. The smallest absolute Gasteiger partial charge is 0.0198 e. The van der Waals surface area contributed by atoms with E-state index in [1.807, 2.05) is 0 Å². The fourth-order valence-corrected chi connectivity index (χ4v) is 5.74. The van der Waals surface area contributed by atoms with E-state index in [2.05, 4.69) is 49.3 Å². The summed E-state index contributed by atoms with van der Waals surface area (Å²) in [5, 5.41) is 0. The van der Waals surface area contributed by atoms with Crippen molar-refractivity contribution >= 4 is 0 Å². The average molecular weight is 350 g/mol. The van der Waals surface area contributed by atoms with Crippen LogP contribution >= 0.6 is 0 Å². The van der Waals surface area contributed by atoms with Gasteiger partial charge in [-0.15, -0.1) is 0 Å². The zero-order valence-electron chi connectivity index (χ0n) is 17.6. The van der Waals surface area contributed by atoms with Crippen LogP contribution in [0.25, 0.3) is 0 Å². The molecule has 0 aromatic carbocycles. The molecule has 0 spiro atoms. The van der Waals surface area contributed by atoms with E-state index >= 15 is 0 Å². The minimum absolute atomic E-state index is 0.719. The lowest BCUT2D eigenvalue weighted by Crippen LogP contribution is -2.59. The molecule has 0 aromatic heterocycles. The molecule has 3 aliphatic rings. The van der Waals surface area contributed by atoms with Gasteiger partial charge in [0.05, 0.1) is 0 Å². The Morgan fingerprint density at radius 2 is 1.36 bits per heavy atom. The predicted molar refractivity (Wildman–Crippen MR) is 108 cm³/mol. The number of hydrogen-bond acceptors (Lipinski definition) is 3. The summed E-state index contributed by atoms with van der Waals surface area (Å²) in [5.41, 5.74) is 0. The molecular weight excluding hydrogens is 306 g/mol. The van der Waals surface area contributed by atoms with Crippen molar-refractivity contribution in [3.63, 3.8) is 0 Å². The van der Waals surface area contributed by atoms with Gasteiger partial charge in [-0.05, 0) is 84.2 Å². The van der Waals surface area contributed by atoms with Crippen LogP contribution < -0.4 is 0 Å². The number of likely N-dealkylation sites (tertiary alicyclic amines) is 1. The summed E-state index contributed by atoms with van der Waals surface area (Å²) in [6.45, 7) is 18.5. The summed E-state index contributed by atoms with van der Waals surface area (Å²) in [6.07, 6.45) is 8.57. The van der Waals surface area contributed by atoms with Gasteiger partial charge in [0.25, 0.3) is 0 Å². The van der Waals surface area contributed by atoms with Gasteiger partial charge in [0.15, 0.2) is 0 Å². The second-order valence-corrected chi connectivity index (χ2v) is 9.76. The van der Waals surface area contributed by atoms with Crippen LogP contribution in [0.15, 0.2) is 0 Å². The van der Waals surface area contributed by atoms with E-state index in [1.165, 1.54) is 71.2 Å². The van der Waals surface area contributed by atoms with Gasteiger partial charge in [-0.2, -0.15) is 0 Å². The Kier molecular flexibility index (Phi) is 6.84. The Morgan fingerprint density at radius 3 is 1.88 bits per heavy atom. The highest BCUT2D eigenvalue weighted by Gasteiger charge is 2.35. The summed E-state index contributed by atoms with van der Waals surface area (Å²) in [7, 11) is 0. The molecule has 0 bridgehead atoms. The van der Waals surface area contributed by atoms with E-state index in [4.69, 9.17) is 0 Å². The highest BCUT2D eigenvalue weighted by molar-refractivity contribution is 4.91. The molecule has 2 aliphatic heterocycles. The molecule has 3 heteroatoms. The summed E-state index contributed by atoms with van der Waals surface area (Å²) >= 11 is 0. The van der Waals surface area contributed by atoms with Crippen molar-refractivity contribution in [3.05, 3.63) is 0 Å². The van der Waals surface area contributed by atoms with Gasteiger partial charge in [0.2, 0.25) is 0 Å².